The van der Waals surface area contributed by atoms with Crippen molar-refractivity contribution >= 4 is 23.5 Å². The molecule has 4 nitrogen and oxygen atoms in total. The topological polar surface area (TPSA) is 51.0 Å². The third kappa shape index (κ3) is 3.77. The van der Waals surface area contributed by atoms with Gasteiger partial charge >= 0.3 is 0 Å². The number of hydrogen-bond acceptors (Lipinski definition) is 6. The Kier molecular flexibility index (Phi) is 5.00. The summed E-state index contributed by atoms with van der Waals surface area (Å²) in [7, 11) is 0. The third-order valence-corrected chi connectivity index (χ3v) is 5.61. The highest BCUT2D eigenvalue weighted by atomic mass is 32.2. The van der Waals surface area contributed by atoms with Crippen molar-refractivity contribution in [1.29, 1.82) is 0 Å². The molecule has 20 heavy (non-hydrogen) atoms. The van der Waals surface area contributed by atoms with Crippen molar-refractivity contribution in [2.45, 2.75) is 12.6 Å². The Balaban J connectivity index is 1.57. The van der Waals surface area contributed by atoms with Crippen LogP contribution in [0.3, 0.4) is 0 Å². The lowest BCUT2D eigenvalue weighted by molar-refractivity contribution is 0.370. The first-order chi connectivity index (χ1) is 9.92. The Labute approximate surface area is 127 Å². The van der Waals surface area contributed by atoms with Crippen LogP contribution in [0.25, 0.3) is 11.3 Å². The molecule has 2 aromatic heterocycles. The average Bonchev–Trinajstić information content (AvgIpc) is 2.82. The molecule has 0 aliphatic carbocycles. The molecule has 1 aliphatic rings. The van der Waals surface area contributed by atoms with E-state index in [-0.39, 0.29) is 0 Å². The zero-order valence-electron chi connectivity index (χ0n) is 11.1. The quantitative estimate of drug-likeness (QED) is 0.937. The largest absolute Gasteiger partial charge is 0.359 e. The normalized spacial score (nSPS) is 17.0. The van der Waals surface area contributed by atoms with Gasteiger partial charge < -0.3 is 9.84 Å². The van der Waals surface area contributed by atoms with Crippen LogP contribution in [0.2, 0.25) is 0 Å². The minimum atomic E-state index is 0.555. The van der Waals surface area contributed by atoms with E-state index in [4.69, 9.17) is 4.52 Å². The summed E-state index contributed by atoms with van der Waals surface area (Å²) in [4.78, 5) is 4.10. The second-order valence-electron chi connectivity index (χ2n) is 4.65. The maximum atomic E-state index is 5.39. The van der Waals surface area contributed by atoms with E-state index in [1.54, 1.807) is 12.4 Å². The van der Waals surface area contributed by atoms with Crippen molar-refractivity contribution in [3.63, 3.8) is 0 Å². The van der Waals surface area contributed by atoms with Crippen LogP contribution in [0.1, 0.15) is 5.76 Å². The predicted octanol–water partition coefficient (Wildman–Crippen LogP) is 2.67. The van der Waals surface area contributed by atoms with Gasteiger partial charge in [-0.3, -0.25) is 4.98 Å². The van der Waals surface area contributed by atoms with Gasteiger partial charge in [-0.05, 0) is 12.1 Å². The van der Waals surface area contributed by atoms with E-state index in [1.165, 1.54) is 23.0 Å². The maximum absolute atomic E-state index is 5.39. The van der Waals surface area contributed by atoms with Gasteiger partial charge in [0.1, 0.15) is 5.69 Å². The SMILES string of the molecule is c1cncc(-c2cc(CNC3CSCCSC3)on2)c1. The van der Waals surface area contributed by atoms with Gasteiger partial charge in [0.25, 0.3) is 0 Å². The number of aromatic nitrogens is 2. The van der Waals surface area contributed by atoms with Crippen molar-refractivity contribution in [1.82, 2.24) is 15.5 Å². The van der Waals surface area contributed by atoms with E-state index in [9.17, 15) is 0 Å². The van der Waals surface area contributed by atoms with Crippen LogP contribution < -0.4 is 5.32 Å². The van der Waals surface area contributed by atoms with E-state index in [0.717, 1.165) is 23.6 Å². The van der Waals surface area contributed by atoms with E-state index in [0.29, 0.717) is 6.04 Å². The monoisotopic (exact) mass is 307 g/mol. The number of thioether (sulfide) groups is 2. The molecule has 2 aromatic rings. The predicted molar refractivity (Wildman–Crippen MR) is 85.0 cm³/mol. The summed E-state index contributed by atoms with van der Waals surface area (Å²) < 4.78 is 5.39. The van der Waals surface area contributed by atoms with Gasteiger partial charge in [-0.25, -0.2) is 0 Å². The van der Waals surface area contributed by atoms with Crippen molar-refractivity contribution in [2.75, 3.05) is 23.0 Å². The van der Waals surface area contributed by atoms with Crippen molar-refractivity contribution in [3.05, 3.63) is 36.4 Å². The lowest BCUT2D eigenvalue weighted by Crippen LogP contribution is -2.32. The summed E-state index contributed by atoms with van der Waals surface area (Å²) >= 11 is 4.05. The zero-order chi connectivity index (χ0) is 13.6. The molecule has 0 radical (unpaired) electrons. The summed E-state index contributed by atoms with van der Waals surface area (Å²) in [6.45, 7) is 0.735. The maximum Gasteiger partial charge on any atom is 0.151 e. The summed E-state index contributed by atoms with van der Waals surface area (Å²) in [5.41, 5.74) is 1.84. The molecule has 0 spiro atoms. The number of pyridine rings is 1. The number of nitrogens with one attached hydrogen (secondary N) is 1. The molecular weight excluding hydrogens is 290 g/mol. The van der Waals surface area contributed by atoms with E-state index in [2.05, 4.69) is 15.5 Å². The second-order valence-corrected chi connectivity index (χ2v) is 6.95. The highest BCUT2D eigenvalue weighted by Gasteiger charge is 2.13. The lowest BCUT2D eigenvalue weighted by Gasteiger charge is -2.13. The van der Waals surface area contributed by atoms with Crippen LogP contribution in [0, 0.1) is 0 Å². The van der Waals surface area contributed by atoms with Crippen LogP contribution in [-0.2, 0) is 6.54 Å². The molecule has 0 aromatic carbocycles. The Hall–Kier alpha value is -0.980. The standard InChI is InChI=1S/C14H17N3OS2/c1-2-11(7-15-3-1)14-6-13(18-17-14)8-16-12-9-19-4-5-20-10-12/h1-3,6-7,12,16H,4-5,8-10H2. The van der Waals surface area contributed by atoms with E-state index < -0.39 is 0 Å². The molecule has 0 bridgehead atoms. The number of rotatable bonds is 4. The molecule has 3 heterocycles. The van der Waals surface area contributed by atoms with Crippen LogP contribution in [0.5, 0.6) is 0 Å². The highest BCUT2D eigenvalue weighted by molar-refractivity contribution is 8.03. The lowest BCUT2D eigenvalue weighted by atomic mass is 10.2. The van der Waals surface area contributed by atoms with Crippen LogP contribution in [0.4, 0.5) is 0 Å². The first-order valence-electron chi connectivity index (χ1n) is 6.67. The second kappa shape index (κ2) is 7.15. The fraction of sp³-hybridized carbons (Fsp3) is 0.429. The molecule has 6 heteroatoms. The van der Waals surface area contributed by atoms with Crippen LogP contribution in [0.15, 0.2) is 35.1 Å². The van der Waals surface area contributed by atoms with Gasteiger partial charge in [-0.1, -0.05) is 5.16 Å². The van der Waals surface area contributed by atoms with E-state index >= 15 is 0 Å². The summed E-state index contributed by atoms with van der Waals surface area (Å²) in [5, 5.41) is 7.65. The first-order valence-corrected chi connectivity index (χ1v) is 8.97. The van der Waals surface area contributed by atoms with Gasteiger partial charge in [0.2, 0.25) is 0 Å². The Morgan fingerprint density at radius 1 is 1.30 bits per heavy atom. The first kappa shape index (κ1) is 14.0. The Morgan fingerprint density at radius 3 is 2.90 bits per heavy atom. The molecule has 0 unspecified atom stereocenters. The minimum Gasteiger partial charge on any atom is -0.359 e. The smallest absolute Gasteiger partial charge is 0.151 e. The third-order valence-electron chi connectivity index (χ3n) is 3.09. The van der Waals surface area contributed by atoms with E-state index in [1.807, 2.05) is 41.7 Å². The number of hydrogen-bond donors (Lipinski definition) is 1. The minimum absolute atomic E-state index is 0.555. The molecule has 0 saturated carbocycles. The van der Waals surface area contributed by atoms with Gasteiger partial charge in [0.05, 0.1) is 6.54 Å². The fourth-order valence-electron chi connectivity index (χ4n) is 2.03. The Bertz CT molecular complexity index is 524. The molecule has 0 atom stereocenters. The molecule has 106 valence electrons. The Morgan fingerprint density at radius 2 is 2.15 bits per heavy atom. The molecular formula is C14H17N3OS2. The molecule has 1 aliphatic heterocycles. The molecule has 1 fully saturated rings. The van der Waals surface area contributed by atoms with Crippen LogP contribution in [-0.4, -0.2) is 39.2 Å². The van der Waals surface area contributed by atoms with Crippen molar-refractivity contribution < 1.29 is 4.52 Å². The molecule has 3 rings (SSSR count). The van der Waals surface area contributed by atoms with Gasteiger partial charge in [0.15, 0.2) is 5.76 Å². The fourth-order valence-corrected chi connectivity index (χ4v) is 4.49. The zero-order valence-corrected chi connectivity index (χ0v) is 12.8. The van der Waals surface area contributed by atoms with Crippen molar-refractivity contribution in [3.8, 4) is 11.3 Å². The number of nitrogens with zero attached hydrogens (tertiary/aromatic N) is 2. The molecule has 1 N–H and O–H groups in total. The van der Waals surface area contributed by atoms with Crippen molar-refractivity contribution in [2.24, 2.45) is 0 Å². The average molecular weight is 307 g/mol. The van der Waals surface area contributed by atoms with Gasteiger partial charge in [-0.15, -0.1) is 0 Å². The van der Waals surface area contributed by atoms with Crippen LogP contribution >= 0.6 is 23.5 Å². The van der Waals surface area contributed by atoms with Gasteiger partial charge in [0, 0.05) is 53.1 Å². The highest BCUT2D eigenvalue weighted by Crippen LogP contribution is 2.19. The van der Waals surface area contributed by atoms with Gasteiger partial charge in [-0.2, -0.15) is 23.5 Å². The summed E-state index contributed by atoms with van der Waals surface area (Å²) in [6.07, 6.45) is 3.56. The summed E-state index contributed by atoms with van der Waals surface area (Å²) in [5.74, 6) is 5.75. The summed E-state index contributed by atoms with van der Waals surface area (Å²) in [6, 6.07) is 6.43. The molecule has 1 saturated heterocycles. The molecule has 0 amide bonds.